The normalized spacial score (nSPS) is 14.1. The Kier molecular flexibility index (Phi) is 6.34. The van der Waals surface area contributed by atoms with E-state index < -0.39 is 34.3 Å². The highest BCUT2D eigenvalue weighted by molar-refractivity contribution is 6.05. The van der Waals surface area contributed by atoms with Gasteiger partial charge >= 0.3 is 0 Å². The van der Waals surface area contributed by atoms with Crippen LogP contribution in [0, 0.1) is 17.5 Å². The molecular formula is C26H22F3N3O3. The first-order valence-electron chi connectivity index (χ1n) is 10.8. The lowest BCUT2D eigenvalue weighted by Crippen LogP contribution is -2.33. The second-order valence-electron chi connectivity index (χ2n) is 8.72. The lowest BCUT2D eigenvalue weighted by Gasteiger charge is -2.14. The molecule has 0 spiro atoms. The molecule has 1 aromatic heterocycles. The van der Waals surface area contributed by atoms with E-state index in [9.17, 15) is 27.6 Å². The van der Waals surface area contributed by atoms with Gasteiger partial charge in [-0.15, -0.1) is 0 Å². The van der Waals surface area contributed by atoms with Crippen LogP contribution in [0.3, 0.4) is 0 Å². The largest absolute Gasteiger partial charge is 0.348 e. The summed E-state index contributed by atoms with van der Waals surface area (Å²) in [6.45, 7) is 3.61. The number of hydrogen-bond donors (Lipinski definition) is 2. The van der Waals surface area contributed by atoms with Crippen molar-refractivity contribution >= 4 is 23.6 Å². The number of fused-ring (bicyclic) bond motifs is 1. The van der Waals surface area contributed by atoms with Crippen LogP contribution >= 0.6 is 0 Å². The molecule has 2 aromatic carbocycles. The van der Waals surface area contributed by atoms with Crippen LogP contribution in [0.2, 0.25) is 0 Å². The molecule has 0 atom stereocenters. The average Bonchev–Trinajstić information content (AvgIpc) is 3.03. The summed E-state index contributed by atoms with van der Waals surface area (Å²) < 4.78 is 41.2. The number of amides is 2. The molecule has 180 valence electrons. The lowest BCUT2D eigenvalue weighted by atomic mass is 9.86. The first-order valence-corrected chi connectivity index (χ1v) is 10.8. The van der Waals surface area contributed by atoms with Crippen LogP contribution in [0.1, 0.15) is 40.9 Å². The van der Waals surface area contributed by atoms with E-state index in [0.29, 0.717) is 0 Å². The summed E-state index contributed by atoms with van der Waals surface area (Å²) in [5.41, 5.74) is 1.14. The van der Waals surface area contributed by atoms with Crippen molar-refractivity contribution in [3.63, 3.8) is 0 Å². The van der Waals surface area contributed by atoms with E-state index in [4.69, 9.17) is 0 Å². The van der Waals surface area contributed by atoms with Crippen molar-refractivity contribution < 1.29 is 22.8 Å². The number of pyridine rings is 1. The molecule has 3 aromatic rings. The summed E-state index contributed by atoms with van der Waals surface area (Å²) >= 11 is 0. The molecule has 2 heterocycles. The first kappa shape index (κ1) is 24.0. The fourth-order valence-electron chi connectivity index (χ4n) is 3.89. The number of halogens is 3. The third-order valence-corrected chi connectivity index (χ3v) is 5.88. The highest BCUT2D eigenvalue weighted by atomic mass is 19.2. The number of carbonyl (C=O) groups is 2. The highest BCUT2D eigenvalue weighted by Crippen LogP contribution is 2.37. The number of aromatic nitrogens is 1. The maximum absolute atomic E-state index is 13.5. The van der Waals surface area contributed by atoms with Gasteiger partial charge in [0.15, 0.2) is 17.5 Å². The molecule has 0 bridgehead atoms. The van der Waals surface area contributed by atoms with Crippen LogP contribution in [0.4, 0.5) is 18.9 Å². The fourth-order valence-corrected chi connectivity index (χ4v) is 3.89. The van der Waals surface area contributed by atoms with E-state index >= 15 is 0 Å². The van der Waals surface area contributed by atoms with Crippen molar-refractivity contribution in [2.45, 2.75) is 25.8 Å². The van der Waals surface area contributed by atoms with Crippen molar-refractivity contribution in [1.29, 1.82) is 0 Å². The van der Waals surface area contributed by atoms with E-state index in [-0.39, 0.29) is 30.1 Å². The second kappa shape index (κ2) is 9.25. The smallest absolute Gasteiger partial charge is 0.263 e. The number of nitrogens with one attached hydrogen (secondary N) is 2. The van der Waals surface area contributed by atoms with Gasteiger partial charge in [0.1, 0.15) is 5.56 Å². The van der Waals surface area contributed by atoms with Crippen molar-refractivity contribution in [2.75, 3.05) is 11.9 Å². The van der Waals surface area contributed by atoms with E-state index in [0.717, 1.165) is 33.5 Å². The van der Waals surface area contributed by atoms with Crippen LogP contribution < -0.4 is 16.2 Å². The molecule has 4 rings (SSSR count). The number of benzene rings is 2. The SMILES string of the molecule is CC1(C)C(=O)Nc2cc(/C=C/CNC(=O)c3cccn(Cc4cc(F)c(F)c(F)c4)c3=O)ccc21. The molecule has 0 fully saturated rings. The average molecular weight is 481 g/mol. The number of nitrogens with zero attached hydrogens (tertiary/aromatic N) is 1. The topological polar surface area (TPSA) is 80.2 Å². The van der Waals surface area contributed by atoms with Gasteiger partial charge in [-0.3, -0.25) is 14.4 Å². The van der Waals surface area contributed by atoms with Crippen LogP contribution in [0.25, 0.3) is 6.08 Å². The van der Waals surface area contributed by atoms with Gasteiger partial charge in [-0.05, 0) is 60.9 Å². The number of anilines is 1. The van der Waals surface area contributed by atoms with Gasteiger partial charge in [-0.2, -0.15) is 0 Å². The molecule has 35 heavy (non-hydrogen) atoms. The quantitative estimate of drug-likeness (QED) is 0.523. The zero-order chi connectivity index (χ0) is 25.3. The molecular weight excluding hydrogens is 459 g/mol. The summed E-state index contributed by atoms with van der Waals surface area (Å²) in [6, 6.07) is 10.0. The van der Waals surface area contributed by atoms with E-state index in [1.54, 1.807) is 12.2 Å². The fraction of sp³-hybridized carbons (Fsp3) is 0.192. The van der Waals surface area contributed by atoms with Gasteiger partial charge in [-0.25, -0.2) is 13.2 Å². The Hall–Kier alpha value is -4.14. The number of carbonyl (C=O) groups excluding carboxylic acids is 2. The Morgan fingerprint density at radius 2 is 1.80 bits per heavy atom. The Morgan fingerprint density at radius 3 is 2.51 bits per heavy atom. The van der Waals surface area contributed by atoms with E-state index in [2.05, 4.69) is 10.6 Å². The van der Waals surface area contributed by atoms with Crippen molar-refractivity contribution in [3.05, 3.63) is 105 Å². The maximum atomic E-state index is 13.5. The number of rotatable bonds is 6. The molecule has 1 aliphatic heterocycles. The zero-order valence-electron chi connectivity index (χ0n) is 19.0. The number of hydrogen-bond acceptors (Lipinski definition) is 3. The minimum atomic E-state index is -1.59. The Labute approximate surface area is 199 Å². The van der Waals surface area contributed by atoms with Crippen LogP contribution in [0.5, 0.6) is 0 Å². The van der Waals surface area contributed by atoms with Gasteiger partial charge in [0, 0.05) is 18.4 Å². The molecule has 0 saturated carbocycles. The summed E-state index contributed by atoms with van der Waals surface area (Å²) in [6.07, 6.45) is 4.85. The second-order valence-corrected chi connectivity index (χ2v) is 8.72. The third kappa shape index (κ3) is 4.75. The molecule has 0 radical (unpaired) electrons. The Morgan fingerprint density at radius 1 is 1.09 bits per heavy atom. The molecule has 0 unspecified atom stereocenters. The van der Waals surface area contributed by atoms with Crippen molar-refractivity contribution in [3.8, 4) is 0 Å². The van der Waals surface area contributed by atoms with Crippen LogP contribution in [-0.2, 0) is 16.8 Å². The van der Waals surface area contributed by atoms with Gasteiger partial charge in [0.2, 0.25) is 5.91 Å². The van der Waals surface area contributed by atoms with E-state index in [1.165, 1.54) is 18.3 Å². The predicted octanol–water partition coefficient (Wildman–Crippen LogP) is 3.99. The van der Waals surface area contributed by atoms with Crippen molar-refractivity contribution in [1.82, 2.24) is 9.88 Å². The lowest BCUT2D eigenvalue weighted by molar-refractivity contribution is -0.119. The molecule has 0 saturated heterocycles. The molecule has 2 amide bonds. The Balaban J connectivity index is 1.41. The van der Waals surface area contributed by atoms with Crippen molar-refractivity contribution in [2.24, 2.45) is 0 Å². The summed E-state index contributed by atoms with van der Waals surface area (Å²) in [5.74, 6) is -4.99. The van der Waals surface area contributed by atoms with Gasteiger partial charge in [-0.1, -0.05) is 24.3 Å². The van der Waals surface area contributed by atoms with Crippen LogP contribution in [0.15, 0.2) is 59.5 Å². The maximum Gasteiger partial charge on any atom is 0.263 e. The zero-order valence-corrected chi connectivity index (χ0v) is 19.0. The molecule has 1 aliphatic rings. The molecule has 0 aliphatic carbocycles. The monoisotopic (exact) mass is 481 g/mol. The predicted molar refractivity (Wildman–Crippen MR) is 126 cm³/mol. The van der Waals surface area contributed by atoms with Gasteiger partial charge < -0.3 is 15.2 Å². The minimum Gasteiger partial charge on any atom is -0.348 e. The highest BCUT2D eigenvalue weighted by Gasteiger charge is 2.38. The van der Waals surface area contributed by atoms with Gasteiger partial charge in [0.05, 0.1) is 12.0 Å². The first-order chi connectivity index (χ1) is 16.6. The van der Waals surface area contributed by atoms with Gasteiger partial charge in [0.25, 0.3) is 11.5 Å². The van der Waals surface area contributed by atoms with E-state index in [1.807, 2.05) is 32.0 Å². The third-order valence-electron chi connectivity index (χ3n) is 5.88. The summed E-state index contributed by atoms with van der Waals surface area (Å²) in [4.78, 5) is 37.3. The minimum absolute atomic E-state index is 0.0397. The standard InChI is InChI=1S/C26H22F3N3O3/c1-26(2)18-8-7-15(13-21(18)31-25(26)35)5-3-9-30-23(33)17-6-4-10-32(24(17)34)14-16-11-19(27)22(29)20(28)12-16/h3-8,10-13H,9,14H2,1-2H3,(H,30,33)(H,31,35)/b5-3+. The summed E-state index contributed by atoms with van der Waals surface area (Å²) in [5, 5.41) is 5.48. The van der Waals surface area contributed by atoms with Crippen LogP contribution in [-0.4, -0.2) is 22.9 Å². The summed E-state index contributed by atoms with van der Waals surface area (Å²) in [7, 11) is 0. The Bertz CT molecular complexity index is 1400. The molecule has 9 heteroatoms. The molecule has 6 nitrogen and oxygen atoms in total. The molecule has 2 N–H and O–H groups in total.